The van der Waals surface area contributed by atoms with Gasteiger partial charge in [0.2, 0.25) is 5.88 Å². The number of nitro benzene ring substituents is 1. The van der Waals surface area contributed by atoms with Crippen LogP contribution in [0.1, 0.15) is 97.9 Å². The highest BCUT2D eigenvalue weighted by Gasteiger charge is 2.51. The van der Waals surface area contributed by atoms with Crippen LogP contribution in [-0.4, -0.2) is 167 Å². The molecule has 14 rings (SSSR count). The second-order valence-corrected chi connectivity index (χ2v) is 26.8. The van der Waals surface area contributed by atoms with Crippen molar-refractivity contribution in [1.29, 1.82) is 0 Å². The van der Waals surface area contributed by atoms with Crippen LogP contribution in [0.5, 0.6) is 17.4 Å². The van der Waals surface area contributed by atoms with Crippen molar-refractivity contribution < 1.29 is 46.6 Å². The van der Waals surface area contributed by atoms with Crippen molar-refractivity contribution >= 4 is 61.2 Å². The molecule has 460 valence electrons. The van der Waals surface area contributed by atoms with E-state index in [1.165, 1.54) is 17.2 Å². The molecule has 6 atom stereocenters. The number of sulfonamides is 1. The highest BCUT2D eigenvalue weighted by atomic mass is 32.2. The summed E-state index contributed by atoms with van der Waals surface area (Å²) in [6, 6.07) is 23.3. The highest BCUT2D eigenvalue weighted by molar-refractivity contribution is 7.90. The summed E-state index contributed by atoms with van der Waals surface area (Å²) in [5.74, 6) is 1.31. The molecule has 6 fully saturated rings. The minimum Gasteiger partial charge on any atom is -0.493 e. The van der Waals surface area contributed by atoms with Crippen molar-refractivity contribution in [3.05, 3.63) is 118 Å². The Bertz CT molecular complexity index is 3700. The van der Waals surface area contributed by atoms with E-state index in [2.05, 4.69) is 90.6 Å². The van der Waals surface area contributed by atoms with Gasteiger partial charge in [0.05, 0.1) is 66.1 Å². The molecule has 1 saturated carbocycles. The van der Waals surface area contributed by atoms with Gasteiger partial charge in [0, 0.05) is 113 Å². The molecular weight excluding hydrogens is 1130 g/mol. The predicted molar refractivity (Wildman–Crippen MR) is 328 cm³/mol. The van der Waals surface area contributed by atoms with Gasteiger partial charge in [-0.3, -0.25) is 24.7 Å². The first-order valence-corrected chi connectivity index (χ1v) is 32.4. The van der Waals surface area contributed by atoms with Gasteiger partial charge < -0.3 is 53.4 Å². The number of methoxy groups -OCH3 is 1. The lowest BCUT2D eigenvalue weighted by atomic mass is 9.59. The minimum atomic E-state index is -4.72. The molecule has 87 heavy (non-hydrogen) atoms. The van der Waals surface area contributed by atoms with E-state index in [0.717, 1.165) is 112 Å². The molecule has 22 nitrogen and oxygen atoms in total. The molecule has 3 aromatic heterocycles. The number of benzene rings is 3. The van der Waals surface area contributed by atoms with Crippen LogP contribution < -0.4 is 38.9 Å². The van der Waals surface area contributed by atoms with Crippen LogP contribution in [-0.2, 0) is 24.2 Å². The molecule has 1 spiro atoms. The van der Waals surface area contributed by atoms with Crippen molar-refractivity contribution in [3.63, 3.8) is 0 Å². The standard InChI is InChI=1S/C64H77N11O11S/c1-39-7-5-6-8-48(39)55-35-71(41(3)44-28-57(81-4)61(66-34-44)72-22-26-84-36-40(72)2)20-21-73(55)46-32-64(33-46)15-18-70(19-16-64)45-9-10-49(52(29-45)74-51-14-25-83-38-58(51)86-63-54(74)27-43-11-17-65-60(43)68-63)62(76)69-87(79,80)47-30-53(75(77)78)59-56(31-47)85-37-50(67-59)42-12-23-82-24-13-42/h5-11,17,27-31,34,40-42,46,50-51,55,58,67H,12-16,18-26,32-33,35-38H2,1-4H3,(H,65,68)(H,69,76)/t40-,41?,50-,51-,55-,58-/m0/s1. The highest BCUT2D eigenvalue weighted by Crippen LogP contribution is 2.54. The third kappa shape index (κ3) is 10.8. The monoisotopic (exact) mass is 1210 g/mol. The SMILES string of the molecule is COc1cc(C(C)N2CCN(C3CC4(CCN(c5ccc(C(=O)NS(=O)(=O)c6cc7c(c([N+](=O)[O-])c6)N[C@H](C6CCOCC6)CO7)c(N6c7cc8cc[nH]c8nc7O[C@H]7COCC[C@@H]76)c5)CC4)C3)[C@H](c3ccccc3C)C2)cnc1N1CCOC[C@@H]1C. The summed E-state index contributed by atoms with van der Waals surface area (Å²) < 4.78 is 67.2. The number of carbonyl (C=O) groups is 1. The number of hydrogen-bond donors (Lipinski definition) is 3. The Morgan fingerprint density at radius 3 is 2.51 bits per heavy atom. The normalized spacial score (nSPS) is 24.8. The Kier molecular flexibility index (Phi) is 15.4. The largest absolute Gasteiger partial charge is 0.493 e. The second kappa shape index (κ2) is 23.3. The average molecular weight is 1210 g/mol. The van der Waals surface area contributed by atoms with Crippen LogP contribution in [0.3, 0.4) is 0 Å². The molecule has 1 unspecified atom stereocenters. The van der Waals surface area contributed by atoms with Gasteiger partial charge in [-0.15, -0.1) is 0 Å². The molecule has 0 radical (unpaired) electrons. The molecule has 1 amide bonds. The van der Waals surface area contributed by atoms with Gasteiger partial charge in [-0.1, -0.05) is 24.3 Å². The number of carbonyl (C=O) groups excluding carboxylic acids is 1. The molecule has 10 heterocycles. The fourth-order valence-corrected chi connectivity index (χ4v) is 16.2. The molecule has 1 aliphatic carbocycles. The number of ether oxygens (including phenoxy) is 6. The number of rotatable bonds is 13. The zero-order valence-corrected chi connectivity index (χ0v) is 50.6. The third-order valence-corrected chi connectivity index (χ3v) is 21.5. The van der Waals surface area contributed by atoms with Gasteiger partial charge in [0.15, 0.2) is 23.0 Å². The van der Waals surface area contributed by atoms with E-state index >= 15 is 0 Å². The summed E-state index contributed by atoms with van der Waals surface area (Å²) in [7, 11) is -2.99. The average Bonchev–Trinajstić information content (AvgIpc) is 1.55. The molecule has 0 bridgehead atoms. The quantitative estimate of drug-likeness (QED) is 0.0725. The lowest BCUT2D eigenvalue weighted by molar-refractivity contribution is -0.384. The van der Waals surface area contributed by atoms with Crippen molar-refractivity contribution in [3.8, 4) is 17.4 Å². The number of aromatic nitrogens is 3. The Balaban J connectivity index is 0.715. The fourth-order valence-electron chi connectivity index (χ4n) is 15.2. The zero-order valence-electron chi connectivity index (χ0n) is 49.8. The Labute approximate surface area is 507 Å². The number of nitrogens with zero attached hydrogens (tertiary/aromatic N) is 8. The lowest BCUT2D eigenvalue weighted by Crippen LogP contribution is -2.60. The third-order valence-electron chi connectivity index (χ3n) is 20.2. The Hall–Kier alpha value is -7.28. The number of aromatic amines is 1. The van der Waals surface area contributed by atoms with Gasteiger partial charge in [-0.2, -0.15) is 4.98 Å². The first kappa shape index (κ1) is 57.5. The first-order valence-electron chi connectivity index (χ1n) is 30.9. The molecule has 3 N–H and O–H groups in total. The van der Waals surface area contributed by atoms with E-state index in [4.69, 9.17) is 38.4 Å². The summed E-state index contributed by atoms with van der Waals surface area (Å²) in [5.41, 5.74) is 6.40. The molecule has 23 heteroatoms. The van der Waals surface area contributed by atoms with E-state index in [1.54, 1.807) is 13.2 Å². The van der Waals surface area contributed by atoms with Gasteiger partial charge in [-0.25, -0.2) is 18.1 Å². The van der Waals surface area contributed by atoms with Crippen molar-refractivity contribution in [2.45, 2.75) is 113 Å². The van der Waals surface area contributed by atoms with E-state index in [1.807, 2.05) is 36.7 Å². The summed E-state index contributed by atoms with van der Waals surface area (Å²) in [6.45, 7) is 15.3. The number of piperidine rings is 1. The number of morpholine rings is 1. The van der Waals surface area contributed by atoms with E-state index in [9.17, 15) is 23.3 Å². The van der Waals surface area contributed by atoms with E-state index < -0.39 is 37.5 Å². The maximum absolute atomic E-state index is 15.0. The molecule has 3 aromatic carbocycles. The van der Waals surface area contributed by atoms with E-state index in [0.29, 0.717) is 68.4 Å². The van der Waals surface area contributed by atoms with Crippen LogP contribution in [0.25, 0.3) is 11.0 Å². The van der Waals surface area contributed by atoms with Crippen molar-refractivity contribution in [2.24, 2.45) is 11.3 Å². The predicted octanol–water partition coefficient (Wildman–Crippen LogP) is 8.68. The molecule has 8 aliphatic rings. The smallest absolute Gasteiger partial charge is 0.297 e. The van der Waals surface area contributed by atoms with Crippen molar-refractivity contribution in [2.75, 3.05) is 113 Å². The number of hydrogen-bond acceptors (Lipinski definition) is 19. The van der Waals surface area contributed by atoms with Crippen LogP contribution >= 0.6 is 0 Å². The zero-order chi connectivity index (χ0) is 59.7. The first-order chi connectivity index (χ1) is 42.2. The second-order valence-electron chi connectivity index (χ2n) is 25.1. The summed E-state index contributed by atoms with van der Waals surface area (Å²) in [5, 5.41) is 16.8. The van der Waals surface area contributed by atoms with Gasteiger partial charge >= 0.3 is 0 Å². The fraction of sp³-hybridized carbons (Fsp3) is 0.516. The summed E-state index contributed by atoms with van der Waals surface area (Å²) in [4.78, 5) is 51.8. The lowest BCUT2D eigenvalue weighted by Gasteiger charge is -2.58. The number of anilines is 5. The maximum atomic E-state index is 15.0. The van der Waals surface area contributed by atoms with Crippen LogP contribution in [0, 0.1) is 28.4 Å². The van der Waals surface area contributed by atoms with Crippen LogP contribution in [0.2, 0.25) is 0 Å². The maximum Gasteiger partial charge on any atom is 0.297 e. The van der Waals surface area contributed by atoms with Crippen molar-refractivity contribution in [1.82, 2.24) is 29.5 Å². The number of nitrogens with one attached hydrogen (secondary N) is 3. The molecule has 6 aromatic rings. The molecular formula is C64H77N11O11S. The molecule has 5 saturated heterocycles. The van der Waals surface area contributed by atoms with E-state index in [-0.39, 0.29) is 71.8 Å². The van der Waals surface area contributed by atoms with Gasteiger partial charge in [0.1, 0.15) is 24.0 Å². The van der Waals surface area contributed by atoms with Crippen LogP contribution in [0.4, 0.5) is 34.3 Å². The molecule has 7 aliphatic heterocycles. The number of amides is 1. The number of fused-ring (bicyclic) bond motifs is 4. The minimum absolute atomic E-state index is 0.0251. The van der Waals surface area contributed by atoms with Gasteiger partial charge in [-0.05, 0) is 130 Å². The number of H-pyrrole nitrogens is 1. The van der Waals surface area contributed by atoms with Gasteiger partial charge in [0.25, 0.3) is 21.6 Å². The van der Waals surface area contributed by atoms with Crippen LogP contribution in [0.15, 0.2) is 90.1 Å². The summed E-state index contributed by atoms with van der Waals surface area (Å²) >= 11 is 0. The number of aryl methyl sites for hydroxylation is 1. The number of pyridine rings is 2. The Morgan fingerprint density at radius 1 is 0.908 bits per heavy atom. The topological polar surface area (TPSA) is 232 Å². The summed E-state index contributed by atoms with van der Waals surface area (Å²) in [6.07, 6.45) is 9.71. The Morgan fingerprint density at radius 2 is 1.71 bits per heavy atom. The number of piperazine rings is 1. The number of nitro groups is 1.